The Morgan fingerprint density at radius 2 is 1.45 bits per heavy atom. The van der Waals surface area contributed by atoms with Gasteiger partial charge in [-0.3, -0.25) is 9.97 Å². The van der Waals surface area contributed by atoms with Crippen LogP contribution in [0.5, 0.6) is 0 Å². The van der Waals surface area contributed by atoms with Gasteiger partial charge in [-0.1, -0.05) is 25.0 Å². The van der Waals surface area contributed by atoms with Crippen molar-refractivity contribution >= 4 is 0 Å². The topological polar surface area (TPSA) is 77.8 Å². The van der Waals surface area contributed by atoms with E-state index >= 15 is 0 Å². The number of nitrogens with zero attached hydrogens (tertiary/aromatic N) is 2. The van der Waals surface area contributed by atoms with E-state index in [9.17, 15) is 0 Å². The Morgan fingerprint density at radius 1 is 0.909 bits per heavy atom. The van der Waals surface area contributed by atoms with Gasteiger partial charge in [0.05, 0.1) is 5.54 Å². The van der Waals surface area contributed by atoms with Crippen LogP contribution in [0.2, 0.25) is 0 Å². The average Bonchev–Trinajstić information content (AvgIpc) is 2.52. The minimum Gasteiger partial charge on any atom is -0.330 e. The van der Waals surface area contributed by atoms with E-state index in [0.29, 0.717) is 0 Å². The van der Waals surface area contributed by atoms with Gasteiger partial charge < -0.3 is 11.5 Å². The van der Waals surface area contributed by atoms with Crippen LogP contribution in [0.15, 0.2) is 36.7 Å². The second kappa shape index (κ2) is 7.47. The summed E-state index contributed by atoms with van der Waals surface area (Å²) in [6.07, 6.45) is 7.65. The van der Waals surface area contributed by atoms with Crippen molar-refractivity contribution in [3.05, 3.63) is 59.2 Å². The van der Waals surface area contributed by atoms with Crippen LogP contribution < -0.4 is 11.5 Å². The lowest BCUT2D eigenvalue weighted by molar-refractivity contribution is 0.451. The number of aromatic nitrogens is 2. The van der Waals surface area contributed by atoms with E-state index in [2.05, 4.69) is 22.1 Å². The van der Waals surface area contributed by atoms with Gasteiger partial charge in [0.1, 0.15) is 0 Å². The third kappa shape index (κ3) is 3.51. The van der Waals surface area contributed by atoms with Gasteiger partial charge in [-0.15, -0.1) is 0 Å². The number of hydrogen-bond donors (Lipinski definition) is 2. The van der Waals surface area contributed by atoms with Crippen molar-refractivity contribution in [3.63, 3.8) is 0 Å². The van der Waals surface area contributed by atoms with Crippen molar-refractivity contribution in [1.29, 1.82) is 0 Å². The van der Waals surface area contributed by atoms with Gasteiger partial charge in [-0.05, 0) is 56.5 Å². The highest BCUT2D eigenvalue weighted by Gasteiger charge is 2.32. The monoisotopic (exact) mass is 298 g/mol. The largest absolute Gasteiger partial charge is 0.330 e. The van der Waals surface area contributed by atoms with Crippen LogP contribution in [0.25, 0.3) is 0 Å². The van der Waals surface area contributed by atoms with Gasteiger partial charge >= 0.3 is 0 Å². The number of rotatable bonds is 7. The smallest absolute Gasteiger partial charge is 0.0701 e. The molecular formula is C18H26N4. The van der Waals surface area contributed by atoms with E-state index in [-0.39, 0.29) is 0 Å². The van der Waals surface area contributed by atoms with Crippen molar-refractivity contribution in [2.24, 2.45) is 11.5 Å². The molecule has 4 nitrogen and oxygen atoms in total. The first-order valence-electron chi connectivity index (χ1n) is 7.92. The summed E-state index contributed by atoms with van der Waals surface area (Å²) in [5.41, 5.74) is 16.1. The zero-order chi connectivity index (χ0) is 16.0. The molecule has 0 saturated carbocycles. The molecule has 4 N–H and O–H groups in total. The molecule has 0 radical (unpaired) electrons. The SMILES string of the molecule is Cc1ncccc1C(N)(CCCCCN)c1cccnc1C. The lowest BCUT2D eigenvalue weighted by Crippen LogP contribution is -2.39. The molecule has 0 bridgehead atoms. The summed E-state index contributed by atoms with van der Waals surface area (Å²) < 4.78 is 0. The predicted octanol–water partition coefficient (Wildman–Crippen LogP) is 2.81. The molecule has 0 aliphatic heterocycles. The van der Waals surface area contributed by atoms with E-state index in [4.69, 9.17) is 11.5 Å². The Hall–Kier alpha value is -1.78. The van der Waals surface area contributed by atoms with Crippen LogP contribution in [0.1, 0.15) is 48.2 Å². The van der Waals surface area contributed by atoms with Crippen LogP contribution in [0.3, 0.4) is 0 Å². The lowest BCUT2D eigenvalue weighted by Gasteiger charge is -2.32. The molecular weight excluding hydrogens is 272 g/mol. The number of unbranched alkanes of at least 4 members (excludes halogenated alkanes) is 2. The summed E-state index contributed by atoms with van der Waals surface area (Å²) >= 11 is 0. The Bertz CT molecular complexity index is 564. The van der Waals surface area contributed by atoms with Crippen molar-refractivity contribution in [1.82, 2.24) is 9.97 Å². The molecule has 4 heteroatoms. The quantitative estimate of drug-likeness (QED) is 0.770. The van der Waals surface area contributed by atoms with Gasteiger partial charge in [0, 0.05) is 23.8 Å². The molecule has 2 aromatic rings. The van der Waals surface area contributed by atoms with Crippen molar-refractivity contribution in [2.45, 2.75) is 45.1 Å². The fraction of sp³-hybridized carbons (Fsp3) is 0.444. The molecule has 0 spiro atoms. The second-order valence-electron chi connectivity index (χ2n) is 5.84. The van der Waals surface area contributed by atoms with Gasteiger partial charge in [-0.25, -0.2) is 0 Å². The molecule has 0 atom stereocenters. The highest BCUT2D eigenvalue weighted by Crippen LogP contribution is 2.34. The summed E-state index contributed by atoms with van der Waals surface area (Å²) in [7, 11) is 0. The zero-order valence-electron chi connectivity index (χ0n) is 13.5. The minimum atomic E-state index is -0.550. The fourth-order valence-corrected chi connectivity index (χ4v) is 3.05. The normalized spacial score (nSPS) is 11.6. The van der Waals surface area contributed by atoms with Crippen LogP contribution in [-0.2, 0) is 5.54 Å². The highest BCUT2D eigenvalue weighted by atomic mass is 14.8. The summed E-state index contributed by atoms with van der Waals surface area (Å²) in [4.78, 5) is 8.85. The maximum atomic E-state index is 6.91. The summed E-state index contributed by atoms with van der Waals surface area (Å²) in [6, 6.07) is 8.07. The molecule has 118 valence electrons. The second-order valence-corrected chi connectivity index (χ2v) is 5.84. The Labute approximate surface area is 133 Å². The van der Waals surface area contributed by atoms with Crippen LogP contribution in [-0.4, -0.2) is 16.5 Å². The third-order valence-electron chi connectivity index (χ3n) is 4.25. The van der Waals surface area contributed by atoms with E-state index in [1.165, 1.54) is 0 Å². The first kappa shape index (κ1) is 16.6. The van der Waals surface area contributed by atoms with Gasteiger partial charge in [0.25, 0.3) is 0 Å². The summed E-state index contributed by atoms with van der Waals surface area (Å²) in [5.74, 6) is 0. The minimum absolute atomic E-state index is 0.550. The molecule has 2 heterocycles. The number of aryl methyl sites for hydroxylation is 2. The van der Waals surface area contributed by atoms with Crippen molar-refractivity contribution in [3.8, 4) is 0 Å². The molecule has 0 unspecified atom stereocenters. The molecule has 0 amide bonds. The number of pyridine rings is 2. The molecule has 22 heavy (non-hydrogen) atoms. The average molecular weight is 298 g/mol. The van der Waals surface area contributed by atoms with E-state index in [0.717, 1.165) is 54.7 Å². The molecule has 2 aromatic heterocycles. The molecule has 0 aliphatic carbocycles. The van der Waals surface area contributed by atoms with Crippen LogP contribution in [0.4, 0.5) is 0 Å². The van der Waals surface area contributed by atoms with E-state index < -0.39 is 5.54 Å². The Morgan fingerprint density at radius 3 is 1.91 bits per heavy atom. The fourth-order valence-electron chi connectivity index (χ4n) is 3.05. The number of nitrogens with two attached hydrogens (primary N) is 2. The van der Waals surface area contributed by atoms with Gasteiger partial charge in [-0.2, -0.15) is 0 Å². The Kier molecular flexibility index (Phi) is 5.63. The van der Waals surface area contributed by atoms with Gasteiger partial charge in [0.15, 0.2) is 0 Å². The maximum absolute atomic E-state index is 6.91. The van der Waals surface area contributed by atoms with Crippen molar-refractivity contribution < 1.29 is 0 Å². The lowest BCUT2D eigenvalue weighted by atomic mass is 9.78. The molecule has 0 saturated heterocycles. The van der Waals surface area contributed by atoms with E-state index in [1.54, 1.807) is 0 Å². The summed E-state index contributed by atoms with van der Waals surface area (Å²) in [6.45, 7) is 4.76. The maximum Gasteiger partial charge on any atom is 0.0701 e. The molecule has 0 aromatic carbocycles. The Balaban J connectivity index is 2.41. The first-order chi connectivity index (χ1) is 10.6. The molecule has 0 fully saturated rings. The molecule has 2 rings (SSSR count). The first-order valence-corrected chi connectivity index (χ1v) is 7.92. The predicted molar refractivity (Wildman–Crippen MR) is 90.4 cm³/mol. The standard InChI is InChI=1S/C18H26N4/c1-14-16(8-6-12-21-14)18(20,10-4-3-5-11-19)17-9-7-13-22-15(17)2/h6-9,12-13H,3-5,10-11,19-20H2,1-2H3. The van der Waals surface area contributed by atoms with E-state index in [1.807, 2.05) is 38.4 Å². The highest BCUT2D eigenvalue weighted by molar-refractivity contribution is 5.41. The molecule has 0 aliphatic rings. The number of hydrogen-bond acceptors (Lipinski definition) is 4. The summed E-state index contributed by atoms with van der Waals surface area (Å²) in [5, 5.41) is 0. The van der Waals surface area contributed by atoms with Crippen LogP contribution >= 0.6 is 0 Å². The third-order valence-corrected chi connectivity index (χ3v) is 4.25. The van der Waals surface area contributed by atoms with Crippen LogP contribution in [0, 0.1) is 13.8 Å². The van der Waals surface area contributed by atoms with Gasteiger partial charge in [0.2, 0.25) is 0 Å². The zero-order valence-corrected chi connectivity index (χ0v) is 13.5. The van der Waals surface area contributed by atoms with Crippen molar-refractivity contribution in [2.75, 3.05) is 6.54 Å².